The highest BCUT2D eigenvalue weighted by molar-refractivity contribution is 9.08. The second-order valence-electron chi connectivity index (χ2n) is 3.85. The molecule has 0 radical (unpaired) electrons. The SMILES string of the molecule is O=c1c2ccccc2sc2cccc(CBr)c12. The van der Waals surface area contributed by atoms with Crippen LogP contribution >= 0.6 is 27.3 Å². The molecule has 0 atom stereocenters. The van der Waals surface area contributed by atoms with Crippen LogP contribution in [0.5, 0.6) is 0 Å². The molecule has 0 spiro atoms. The monoisotopic (exact) mass is 304 g/mol. The fraction of sp³-hybridized carbons (Fsp3) is 0.0714. The lowest BCUT2D eigenvalue weighted by atomic mass is 10.1. The van der Waals surface area contributed by atoms with Crippen molar-refractivity contribution in [2.75, 3.05) is 0 Å². The lowest BCUT2D eigenvalue weighted by molar-refractivity contribution is 1.49. The average molecular weight is 305 g/mol. The van der Waals surface area contributed by atoms with Crippen LogP contribution in [-0.4, -0.2) is 0 Å². The third kappa shape index (κ3) is 1.70. The first-order chi connectivity index (χ1) is 8.31. The summed E-state index contributed by atoms with van der Waals surface area (Å²) < 4.78 is 2.11. The molecule has 3 heteroatoms. The van der Waals surface area contributed by atoms with E-state index in [1.54, 1.807) is 11.3 Å². The van der Waals surface area contributed by atoms with Crippen molar-refractivity contribution < 1.29 is 0 Å². The van der Waals surface area contributed by atoms with Gasteiger partial charge in [0.05, 0.1) is 0 Å². The lowest BCUT2D eigenvalue weighted by Gasteiger charge is -2.04. The van der Waals surface area contributed by atoms with E-state index in [-0.39, 0.29) is 5.43 Å². The Morgan fingerprint density at radius 1 is 1.00 bits per heavy atom. The Hall–Kier alpha value is -1.19. The Balaban J connectivity index is 2.60. The molecule has 3 rings (SSSR count). The Kier molecular flexibility index (Phi) is 2.73. The zero-order chi connectivity index (χ0) is 11.8. The van der Waals surface area contributed by atoms with E-state index in [0.717, 1.165) is 25.7 Å². The van der Waals surface area contributed by atoms with Crippen molar-refractivity contribution >= 4 is 47.4 Å². The molecular weight excluding hydrogens is 296 g/mol. The minimum Gasteiger partial charge on any atom is -0.288 e. The van der Waals surface area contributed by atoms with Crippen molar-refractivity contribution in [1.29, 1.82) is 0 Å². The molecule has 0 aliphatic carbocycles. The van der Waals surface area contributed by atoms with Crippen molar-refractivity contribution in [1.82, 2.24) is 0 Å². The normalized spacial score (nSPS) is 11.1. The summed E-state index contributed by atoms with van der Waals surface area (Å²) in [6.07, 6.45) is 0. The first-order valence-electron chi connectivity index (χ1n) is 5.30. The van der Waals surface area contributed by atoms with Crippen molar-refractivity contribution in [3.63, 3.8) is 0 Å². The lowest BCUT2D eigenvalue weighted by Crippen LogP contribution is -2.03. The summed E-state index contributed by atoms with van der Waals surface area (Å²) in [5.41, 5.74) is 1.21. The summed E-state index contributed by atoms with van der Waals surface area (Å²) in [6, 6.07) is 13.8. The van der Waals surface area contributed by atoms with Crippen LogP contribution in [0.15, 0.2) is 47.3 Å². The predicted octanol–water partition coefficient (Wildman–Crippen LogP) is 4.31. The first kappa shape index (κ1) is 10.9. The van der Waals surface area contributed by atoms with Crippen molar-refractivity contribution in [2.45, 2.75) is 5.33 Å². The zero-order valence-electron chi connectivity index (χ0n) is 8.94. The van der Waals surface area contributed by atoms with E-state index in [9.17, 15) is 4.79 Å². The first-order valence-corrected chi connectivity index (χ1v) is 7.24. The fourth-order valence-electron chi connectivity index (χ4n) is 2.03. The predicted molar refractivity (Wildman–Crippen MR) is 78.2 cm³/mol. The van der Waals surface area contributed by atoms with Gasteiger partial charge in [0.25, 0.3) is 0 Å². The molecule has 0 aliphatic heterocycles. The van der Waals surface area contributed by atoms with Crippen LogP contribution < -0.4 is 5.43 Å². The van der Waals surface area contributed by atoms with Crippen LogP contribution in [0.2, 0.25) is 0 Å². The van der Waals surface area contributed by atoms with Gasteiger partial charge in [-0.1, -0.05) is 40.2 Å². The van der Waals surface area contributed by atoms with E-state index < -0.39 is 0 Å². The minimum absolute atomic E-state index is 0.143. The van der Waals surface area contributed by atoms with Gasteiger partial charge in [-0.15, -0.1) is 11.3 Å². The van der Waals surface area contributed by atoms with Gasteiger partial charge in [0.1, 0.15) is 0 Å². The molecule has 1 heterocycles. The van der Waals surface area contributed by atoms with Gasteiger partial charge in [0, 0.05) is 25.5 Å². The third-order valence-electron chi connectivity index (χ3n) is 2.84. The van der Waals surface area contributed by atoms with Crippen molar-refractivity contribution in [3.05, 3.63) is 58.3 Å². The van der Waals surface area contributed by atoms with Crippen LogP contribution in [0, 0.1) is 0 Å². The van der Waals surface area contributed by atoms with E-state index >= 15 is 0 Å². The maximum absolute atomic E-state index is 12.5. The number of hydrogen-bond donors (Lipinski definition) is 0. The van der Waals surface area contributed by atoms with Gasteiger partial charge in [-0.05, 0) is 23.8 Å². The van der Waals surface area contributed by atoms with Crippen molar-refractivity contribution in [2.24, 2.45) is 0 Å². The van der Waals surface area contributed by atoms with Gasteiger partial charge < -0.3 is 0 Å². The third-order valence-corrected chi connectivity index (χ3v) is 4.58. The second-order valence-corrected chi connectivity index (χ2v) is 5.50. The minimum atomic E-state index is 0.143. The largest absolute Gasteiger partial charge is 0.288 e. The Morgan fingerprint density at radius 2 is 1.76 bits per heavy atom. The van der Waals surface area contributed by atoms with Crippen LogP contribution in [0.1, 0.15) is 5.56 Å². The summed E-state index contributed by atoms with van der Waals surface area (Å²) in [6.45, 7) is 0. The summed E-state index contributed by atoms with van der Waals surface area (Å²) in [4.78, 5) is 12.5. The number of fused-ring (bicyclic) bond motifs is 2. The van der Waals surface area contributed by atoms with Gasteiger partial charge in [-0.3, -0.25) is 4.79 Å². The number of rotatable bonds is 1. The van der Waals surface area contributed by atoms with E-state index in [1.165, 1.54) is 0 Å². The van der Waals surface area contributed by atoms with Crippen molar-refractivity contribution in [3.8, 4) is 0 Å². The molecule has 84 valence electrons. The highest BCUT2D eigenvalue weighted by Gasteiger charge is 2.08. The van der Waals surface area contributed by atoms with Crippen LogP contribution in [0.25, 0.3) is 20.2 Å². The fourth-order valence-corrected chi connectivity index (χ4v) is 3.62. The van der Waals surface area contributed by atoms with Gasteiger partial charge in [-0.2, -0.15) is 0 Å². The van der Waals surface area contributed by atoms with E-state index in [0.29, 0.717) is 5.33 Å². The molecule has 1 nitrogen and oxygen atoms in total. The molecule has 3 aromatic rings. The number of benzene rings is 2. The quantitative estimate of drug-likeness (QED) is 0.483. The standard InChI is InChI=1S/C14H9BrOS/c15-8-9-4-3-7-12-13(9)14(16)10-5-1-2-6-11(10)17-12/h1-7H,8H2. The van der Waals surface area contributed by atoms with E-state index in [4.69, 9.17) is 0 Å². The molecule has 0 N–H and O–H groups in total. The molecule has 0 aliphatic rings. The molecule has 0 amide bonds. The van der Waals surface area contributed by atoms with E-state index in [1.807, 2.05) is 42.5 Å². The smallest absolute Gasteiger partial charge is 0.196 e. The van der Waals surface area contributed by atoms with Gasteiger partial charge >= 0.3 is 0 Å². The van der Waals surface area contributed by atoms with Gasteiger partial charge in [0.2, 0.25) is 0 Å². The number of halogens is 1. The summed E-state index contributed by atoms with van der Waals surface area (Å²) >= 11 is 5.12. The molecule has 1 aromatic heterocycles. The Labute approximate surface area is 111 Å². The summed E-state index contributed by atoms with van der Waals surface area (Å²) in [5, 5.41) is 2.39. The van der Waals surface area contributed by atoms with Gasteiger partial charge in [0.15, 0.2) is 5.43 Å². The highest BCUT2D eigenvalue weighted by Crippen LogP contribution is 2.27. The van der Waals surface area contributed by atoms with Gasteiger partial charge in [-0.25, -0.2) is 0 Å². The Bertz CT molecular complexity index is 761. The van der Waals surface area contributed by atoms with Crippen LogP contribution in [0.4, 0.5) is 0 Å². The molecule has 0 fully saturated rings. The van der Waals surface area contributed by atoms with E-state index in [2.05, 4.69) is 15.9 Å². The Morgan fingerprint density at radius 3 is 2.59 bits per heavy atom. The highest BCUT2D eigenvalue weighted by atomic mass is 79.9. The van der Waals surface area contributed by atoms with Crippen LogP contribution in [-0.2, 0) is 5.33 Å². The molecule has 2 aromatic carbocycles. The second kappa shape index (κ2) is 4.24. The van der Waals surface area contributed by atoms with Crippen LogP contribution in [0.3, 0.4) is 0 Å². The molecular formula is C14H9BrOS. The number of hydrogen-bond acceptors (Lipinski definition) is 2. The molecule has 0 unspecified atom stereocenters. The molecule has 0 saturated heterocycles. The molecule has 17 heavy (non-hydrogen) atoms. The number of alkyl halides is 1. The average Bonchev–Trinajstić information content (AvgIpc) is 2.38. The maximum atomic E-state index is 12.5. The maximum Gasteiger partial charge on any atom is 0.196 e. The summed E-state index contributed by atoms with van der Waals surface area (Å²) in [7, 11) is 0. The summed E-state index contributed by atoms with van der Waals surface area (Å²) in [5.74, 6) is 0. The molecule has 0 saturated carbocycles. The zero-order valence-corrected chi connectivity index (χ0v) is 11.3. The topological polar surface area (TPSA) is 17.1 Å². The molecule has 0 bridgehead atoms.